The summed E-state index contributed by atoms with van der Waals surface area (Å²) in [4.78, 5) is 35.7. The van der Waals surface area contributed by atoms with Gasteiger partial charge in [-0.3, -0.25) is 19.7 Å². The Kier molecular flexibility index (Phi) is 5.13. The minimum atomic E-state index is -1.06. The molecule has 2 rings (SSSR count). The zero-order chi connectivity index (χ0) is 17.0. The number of carbonyl (C=O) groups is 3. The summed E-state index contributed by atoms with van der Waals surface area (Å²) in [5.41, 5.74) is 7.27. The summed E-state index contributed by atoms with van der Waals surface area (Å²) < 4.78 is 0.854. The first-order valence-electron chi connectivity index (χ1n) is 6.66. The normalized spacial score (nSPS) is 10.0. The summed E-state index contributed by atoms with van der Waals surface area (Å²) in [5.74, 6) is -2.71. The van der Waals surface area contributed by atoms with Gasteiger partial charge in [-0.15, -0.1) is 0 Å². The Bertz CT molecular complexity index is 790. The minimum absolute atomic E-state index is 0.133. The van der Waals surface area contributed by atoms with Crippen LogP contribution in [0.25, 0.3) is 0 Å². The number of aryl methyl sites for hydroxylation is 1. The molecule has 0 bridgehead atoms. The fourth-order valence-corrected chi connectivity index (χ4v) is 2.35. The molecule has 6 nitrogen and oxygen atoms in total. The van der Waals surface area contributed by atoms with Gasteiger partial charge in [0.1, 0.15) is 0 Å². The summed E-state index contributed by atoms with van der Waals surface area (Å²) in [6, 6.07) is 11.5. The molecule has 0 saturated heterocycles. The number of para-hydroxylation sites is 1. The average molecular weight is 376 g/mol. The lowest BCUT2D eigenvalue weighted by Gasteiger charge is -2.09. The highest BCUT2D eigenvalue weighted by atomic mass is 79.9. The third-order valence-corrected chi connectivity index (χ3v) is 3.57. The lowest BCUT2D eigenvalue weighted by Crippen LogP contribution is -2.39. The summed E-state index contributed by atoms with van der Waals surface area (Å²) in [6.07, 6.45) is 0. The predicted molar refractivity (Wildman–Crippen MR) is 90.8 cm³/mol. The van der Waals surface area contributed by atoms with Gasteiger partial charge in [-0.25, -0.2) is 0 Å². The van der Waals surface area contributed by atoms with E-state index in [1.54, 1.807) is 37.3 Å². The van der Waals surface area contributed by atoms with Gasteiger partial charge in [0.15, 0.2) is 0 Å². The molecule has 0 aliphatic rings. The summed E-state index contributed by atoms with van der Waals surface area (Å²) in [5, 5.41) is 4.46. The highest BCUT2D eigenvalue weighted by molar-refractivity contribution is 9.10. The highest BCUT2D eigenvalue weighted by Gasteiger charge is 2.19. The van der Waals surface area contributed by atoms with Crippen LogP contribution in [0.15, 0.2) is 46.9 Å². The Hall–Kier alpha value is -2.67. The van der Waals surface area contributed by atoms with Crippen LogP contribution in [0.1, 0.15) is 15.9 Å². The second-order valence-electron chi connectivity index (χ2n) is 4.78. The van der Waals surface area contributed by atoms with Gasteiger partial charge in [-0.2, -0.15) is 0 Å². The molecule has 0 fully saturated rings. The Morgan fingerprint density at radius 3 is 2.39 bits per heavy atom. The molecule has 2 aromatic carbocycles. The zero-order valence-electron chi connectivity index (χ0n) is 12.2. The van der Waals surface area contributed by atoms with Crippen LogP contribution in [-0.4, -0.2) is 17.7 Å². The van der Waals surface area contributed by atoms with Gasteiger partial charge in [-0.05, 0) is 42.8 Å². The van der Waals surface area contributed by atoms with Crippen molar-refractivity contribution in [2.45, 2.75) is 6.92 Å². The van der Waals surface area contributed by atoms with Crippen molar-refractivity contribution < 1.29 is 14.4 Å². The van der Waals surface area contributed by atoms with Crippen LogP contribution < -0.4 is 16.4 Å². The van der Waals surface area contributed by atoms with Crippen molar-refractivity contribution in [2.75, 3.05) is 11.1 Å². The number of hydrogen-bond donors (Lipinski definition) is 3. The molecule has 0 saturated carbocycles. The van der Waals surface area contributed by atoms with E-state index in [4.69, 9.17) is 5.73 Å². The molecule has 23 heavy (non-hydrogen) atoms. The van der Waals surface area contributed by atoms with Gasteiger partial charge in [0.2, 0.25) is 0 Å². The topological polar surface area (TPSA) is 101 Å². The van der Waals surface area contributed by atoms with E-state index in [0.717, 1.165) is 10.0 Å². The fraction of sp³-hybridized carbons (Fsp3) is 0.0625. The maximum Gasteiger partial charge on any atom is 0.316 e. The molecule has 0 aliphatic heterocycles. The maximum absolute atomic E-state index is 11.9. The Morgan fingerprint density at radius 2 is 1.74 bits per heavy atom. The quantitative estimate of drug-likeness (QED) is 0.553. The summed E-state index contributed by atoms with van der Waals surface area (Å²) in [6.45, 7) is 1.79. The molecular weight excluding hydrogens is 362 g/mol. The van der Waals surface area contributed by atoms with Crippen LogP contribution in [0.2, 0.25) is 0 Å². The SMILES string of the molecule is Cc1cc(Br)ccc1NC(=O)C(=O)NC(=O)c1ccccc1N. The molecule has 0 spiro atoms. The van der Waals surface area contributed by atoms with Crippen molar-refractivity contribution in [1.82, 2.24) is 5.32 Å². The van der Waals surface area contributed by atoms with Gasteiger partial charge >= 0.3 is 11.8 Å². The number of carbonyl (C=O) groups excluding carboxylic acids is 3. The molecule has 0 heterocycles. The molecule has 0 atom stereocenters. The van der Waals surface area contributed by atoms with Gasteiger partial charge in [-0.1, -0.05) is 28.1 Å². The third kappa shape index (κ3) is 4.17. The standard InChI is InChI=1S/C16H14BrN3O3/c1-9-8-10(17)6-7-13(9)19-15(22)16(23)20-14(21)11-4-2-3-5-12(11)18/h2-8H,18H2,1H3,(H,19,22)(H,20,21,23). The monoisotopic (exact) mass is 375 g/mol. The largest absolute Gasteiger partial charge is 0.398 e. The van der Waals surface area contributed by atoms with Gasteiger partial charge in [0.25, 0.3) is 5.91 Å². The molecule has 0 unspecified atom stereocenters. The number of halogens is 1. The molecular formula is C16H14BrN3O3. The lowest BCUT2D eigenvalue weighted by molar-refractivity contribution is -0.135. The maximum atomic E-state index is 11.9. The fourth-order valence-electron chi connectivity index (χ4n) is 1.88. The molecule has 3 amide bonds. The number of imide groups is 1. The van der Waals surface area contributed by atoms with Crippen molar-refractivity contribution in [3.05, 3.63) is 58.1 Å². The number of nitrogens with one attached hydrogen (secondary N) is 2. The van der Waals surface area contributed by atoms with Crippen molar-refractivity contribution >= 4 is 45.0 Å². The van der Waals surface area contributed by atoms with Crippen LogP contribution >= 0.6 is 15.9 Å². The van der Waals surface area contributed by atoms with E-state index < -0.39 is 17.7 Å². The van der Waals surface area contributed by atoms with Gasteiger partial charge < -0.3 is 11.1 Å². The smallest absolute Gasteiger partial charge is 0.316 e. The van der Waals surface area contributed by atoms with Crippen LogP contribution in [0.3, 0.4) is 0 Å². The van der Waals surface area contributed by atoms with Crippen molar-refractivity contribution in [3.63, 3.8) is 0 Å². The first-order valence-corrected chi connectivity index (χ1v) is 7.45. The van der Waals surface area contributed by atoms with Gasteiger partial charge in [0.05, 0.1) is 5.56 Å². The van der Waals surface area contributed by atoms with E-state index in [1.807, 2.05) is 5.32 Å². The molecule has 0 radical (unpaired) electrons. The van der Waals surface area contributed by atoms with Crippen molar-refractivity contribution in [3.8, 4) is 0 Å². The number of anilines is 2. The van der Waals surface area contributed by atoms with E-state index in [-0.39, 0.29) is 11.3 Å². The second-order valence-corrected chi connectivity index (χ2v) is 5.70. The lowest BCUT2D eigenvalue weighted by atomic mass is 10.1. The number of nitrogen functional groups attached to an aromatic ring is 1. The Balaban J connectivity index is 2.04. The first-order chi connectivity index (χ1) is 10.9. The van der Waals surface area contributed by atoms with Crippen LogP contribution in [0, 0.1) is 6.92 Å². The molecule has 7 heteroatoms. The molecule has 118 valence electrons. The molecule has 4 N–H and O–H groups in total. The number of benzene rings is 2. The summed E-state index contributed by atoms with van der Waals surface area (Å²) in [7, 11) is 0. The number of nitrogens with two attached hydrogens (primary N) is 1. The van der Waals surface area contributed by atoms with E-state index in [1.165, 1.54) is 12.1 Å². The Morgan fingerprint density at radius 1 is 1.04 bits per heavy atom. The average Bonchev–Trinajstić information content (AvgIpc) is 2.50. The Labute approximate surface area is 141 Å². The first kappa shape index (κ1) is 16.7. The van der Waals surface area contributed by atoms with Crippen LogP contribution in [0.4, 0.5) is 11.4 Å². The van der Waals surface area contributed by atoms with Crippen LogP contribution in [-0.2, 0) is 9.59 Å². The molecule has 0 aromatic heterocycles. The number of amides is 3. The van der Waals surface area contributed by atoms with Crippen LogP contribution in [0.5, 0.6) is 0 Å². The second kappa shape index (κ2) is 7.06. The van der Waals surface area contributed by atoms with E-state index >= 15 is 0 Å². The number of rotatable bonds is 2. The highest BCUT2D eigenvalue weighted by Crippen LogP contribution is 2.19. The van der Waals surface area contributed by atoms with Gasteiger partial charge in [0, 0.05) is 15.8 Å². The van der Waals surface area contributed by atoms with E-state index in [9.17, 15) is 14.4 Å². The third-order valence-electron chi connectivity index (χ3n) is 3.08. The summed E-state index contributed by atoms with van der Waals surface area (Å²) >= 11 is 3.31. The predicted octanol–water partition coefficient (Wildman–Crippen LogP) is 2.23. The van der Waals surface area contributed by atoms with E-state index in [0.29, 0.717) is 5.69 Å². The zero-order valence-corrected chi connectivity index (χ0v) is 13.8. The molecule has 0 aliphatic carbocycles. The molecule has 2 aromatic rings. The van der Waals surface area contributed by atoms with E-state index in [2.05, 4.69) is 21.2 Å². The minimum Gasteiger partial charge on any atom is -0.398 e. The van der Waals surface area contributed by atoms with Crippen molar-refractivity contribution in [2.24, 2.45) is 0 Å². The van der Waals surface area contributed by atoms with Crippen molar-refractivity contribution in [1.29, 1.82) is 0 Å². The number of hydrogen-bond acceptors (Lipinski definition) is 4.